The van der Waals surface area contributed by atoms with Crippen molar-refractivity contribution in [3.05, 3.63) is 28.3 Å². The number of benzene rings is 1. The zero-order chi connectivity index (χ0) is 16.2. The van der Waals surface area contributed by atoms with Gasteiger partial charge in [0.25, 0.3) is 0 Å². The minimum atomic E-state index is -3.54. The average Bonchev–Trinajstić information content (AvgIpc) is 2.41. The van der Waals surface area contributed by atoms with E-state index in [4.69, 9.17) is 5.73 Å². The van der Waals surface area contributed by atoms with Gasteiger partial charge >= 0.3 is 0 Å². The van der Waals surface area contributed by atoms with E-state index in [1.807, 2.05) is 33.8 Å². The van der Waals surface area contributed by atoms with Crippen molar-refractivity contribution < 1.29 is 8.42 Å². The van der Waals surface area contributed by atoms with E-state index in [9.17, 15) is 8.42 Å². The Morgan fingerprint density at radius 1 is 1.14 bits per heavy atom. The first kappa shape index (κ1) is 18.1. The number of rotatable bonds is 7. The summed E-state index contributed by atoms with van der Waals surface area (Å²) in [7, 11) is -3.54. The van der Waals surface area contributed by atoms with Gasteiger partial charge < -0.3 is 5.73 Å². The van der Waals surface area contributed by atoms with Crippen molar-refractivity contribution in [3.63, 3.8) is 0 Å². The molecular formula is C16H28N2O2S. The van der Waals surface area contributed by atoms with Crippen LogP contribution in [0.1, 0.15) is 48.4 Å². The Hall–Kier alpha value is -0.910. The zero-order valence-electron chi connectivity index (χ0n) is 13.8. The molecule has 0 spiro atoms. The highest BCUT2D eigenvalue weighted by atomic mass is 32.2. The van der Waals surface area contributed by atoms with Gasteiger partial charge in [0.05, 0.1) is 4.90 Å². The molecule has 21 heavy (non-hydrogen) atoms. The first-order chi connectivity index (χ1) is 9.74. The number of aryl methyl sites for hydroxylation is 2. The van der Waals surface area contributed by atoms with E-state index >= 15 is 0 Å². The van der Waals surface area contributed by atoms with Gasteiger partial charge in [-0.3, -0.25) is 0 Å². The molecule has 5 heteroatoms. The van der Waals surface area contributed by atoms with Crippen LogP contribution in [0.3, 0.4) is 0 Å². The monoisotopic (exact) mass is 312 g/mol. The lowest BCUT2D eigenvalue weighted by Gasteiger charge is -2.20. The molecule has 3 N–H and O–H groups in total. The summed E-state index contributed by atoms with van der Waals surface area (Å²) in [6, 6.07) is 1.83. The minimum absolute atomic E-state index is 0.199. The average molecular weight is 312 g/mol. The Morgan fingerprint density at radius 3 is 2.10 bits per heavy atom. The summed E-state index contributed by atoms with van der Waals surface area (Å²) in [5, 5.41) is 0. The fourth-order valence-electron chi connectivity index (χ4n) is 2.54. The van der Waals surface area contributed by atoms with E-state index < -0.39 is 10.0 Å². The van der Waals surface area contributed by atoms with Crippen LogP contribution in [-0.4, -0.2) is 21.0 Å². The van der Waals surface area contributed by atoms with Gasteiger partial charge in [-0.05, 0) is 56.4 Å². The highest BCUT2D eigenvalue weighted by Crippen LogP contribution is 2.26. The summed E-state index contributed by atoms with van der Waals surface area (Å²) < 4.78 is 28.3. The summed E-state index contributed by atoms with van der Waals surface area (Å²) in [4.78, 5) is 0.412. The first-order valence-electron chi connectivity index (χ1n) is 7.54. The molecule has 0 aliphatic carbocycles. The summed E-state index contributed by atoms with van der Waals surface area (Å²) in [5.74, 6) is 0. The van der Waals surface area contributed by atoms with Crippen LogP contribution in [0.4, 0.5) is 0 Å². The third-order valence-corrected chi connectivity index (χ3v) is 5.87. The Kier molecular flexibility index (Phi) is 6.38. The molecule has 0 saturated carbocycles. The predicted octanol–water partition coefficient (Wildman–Crippen LogP) is 2.72. The number of nitrogens with one attached hydrogen (secondary N) is 1. The fraction of sp³-hybridized carbons (Fsp3) is 0.625. The number of sulfonamides is 1. The smallest absolute Gasteiger partial charge is 0.241 e. The second kappa shape index (κ2) is 7.38. The van der Waals surface area contributed by atoms with Gasteiger partial charge in [0, 0.05) is 12.6 Å². The van der Waals surface area contributed by atoms with Crippen LogP contribution in [0.2, 0.25) is 0 Å². The van der Waals surface area contributed by atoms with Crippen LogP contribution in [0.15, 0.2) is 11.0 Å². The number of hydrogen-bond acceptors (Lipinski definition) is 3. The van der Waals surface area contributed by atoms with E-state index in [-0.39, 0.29) is 6.04 Å². The Balaban J connectivity index is 3.19. The SMILES string of the molecule is CCCCC(CN)NS(=O)(=O)c1c(C)c(C)cc(C)c1C. The number of hydrogen-bond donors (Lipinski definition) is 2. The molecule has 0 bridgehead atoms. The summed E-state index contributed by atoms with van der Waals surface area (Å²) in [6.07, 6.45) is 2.77. The maximum atomic E-state index is 12.7. The second-order valence-corrected chi connectivity index (χ2v) is 7.44. The van der Waals surface area contributed by atoms with Crippen LogP contribution < -0.4 is 10.5 Å². The van der Waals surface area contributed by atoms with Gasteiger partial charge in [0.2, 0.25) is 10.0 Å². The third-order valence-electron chi connectivity index (χ3n) is 4.08. The molecule has 1 atom stereocenters. The Bertz CT molecular complexity index is 569. The molecule has 1 rings (SSSR count). The largest absolute Gasteiger partial charge is 0.329 e. The Morgan fingerprint density at radius 2 is 1.67 bits per heavy atom. The van der Waals surface area contributed by atoms with Crippen molar-refractivity contribution in [3.8, 4) is 0 Å². The highest BCUT2D eigenvalue weighted by Gasteiger charge is 2.24. The molecule has 0 aliphatic heterocycles. The summed E-state index contributed by atoms with van der Waals surface area (Å²) in [5.41, 5.74) is 9.33. The van der Waals surface area contributed by atoms with Gasteiger partial charge in [-0.15, -0.1) is 0 Å². The topological polar surface area (TPSA) is 72.2 Å². The van der Waals surface area contributed by atoms with Gasteiger partial charge in [-0.1, -0.05) is 25.8 Å². The van der Waals surface area contributed by atoms with Crippen LogP contribution in [0.5, 0.6) is 0 Å². The van der Waals surface area contributed by atoms with Crippen molar-refractivity contribution in [2.45, 2.75) is 64.8 Å². The molecule has 0 heterocycles. The molecular weight excluding hydrogens is 284 g/mol. The van der Waals surface area contributed by atoms with Crippen molar-refractivity contribution >= 4 is 10.0 Å². The predicted molar refractivity (Wildman–Crippen MR) is 88.1 cm³/mol. The normalized spacial score (nSPS) is 13.4. The van der Waals surface area contributed by atoms with Gasteiger partial charge in [-0.2, -0.15) is 0 Å². The molecule has 0 aliphatic rings. The number of unbranched alkanes of at least 4 members (excludes halogenated alkanes) is 1. The van der Waals surface area contributed by atoms with Crippen LogP contribution >= 0.6 is 0 Å². The van der Waals surface area contributed by atoms with Gasteiger partial charge in [0.1, 0.15) is 0 Å². The van der Waals surface area contributed by atoms with Crippen LogP contribution in [-0.2, 0) is 10.0 Å². The summed E-state index contributed by atoms with van der Waals surface area (Å²) >= 11 is 0. The van der Waals surface area contributed by atoms with E-state index in [0.29, 0.717) is 11.4 Å². The molecule has 4 nitrogen and oxygen atoms in total. The minimum Gasteiger partial charge on any atom is -0.329 e. The second-order valence-electron chi connectivity index (χ2n) is 5.79. The highest BCUT2D eigenvalue weighted by molar-refractivity contribution is 7.89. The third kappa shape index (κ3) is 4.28. The standard InChI is InChI=1S/C16H28N2O2S/c1-6-7-8-15(10-17)18-21(19,20)16-13(4)11(2)9-12(3)14(16)5/h9,15,18H,6-8,10,17H2,1-5H3. The molecule has 0 amide bonds. The zero-order valence-corrected chi connectivity index (χ0v) is 14.6. The van der Waals surface area contributed by atoms with E-state index in [1.54, 1.807) is 0 Å². The molecule has 1 aromatic rings. The molecule has 0 saturated heterocycles. The maximum absolute atomic E-state index is 12.7. The van der Waals surface area contributed by atoms with Crippen LogP contribution in [0.25, 0.3) is 0 Å². The number of nitrogens with two attached hydrogens (primary N) is 1. The Labute approximate surface area is 129 Å². The molecule has 1 aromatic carbocycles. The molecule has 120 valence electrons. The van der Waals surface area contributed by atoms with E-state index in [1.165, 1.54) is 0 Å². The van der Waals surface area contributed by atoms with Crippen LogP contribution in [0, 0.1) is 27.7 Å². The lowest BCUT2D eigenvalue weighted by molar-refractivity contribution is 0.515. The maximum Gasteiger partial charge on any atom is 0.241 e. The molecule has 0 fully saturated rings. The first-order valence-corrected chi connectivity index (χ1v) is 9.02. The fourth-order valence-corrected chi connectivity index (χ4v) is 4.44. The molecule has 1 unspecified atom stereocenters. The van der Waals surface area contributed by atoms with Gasteiger partial charge in [0.15, 0.2) is 0 Å². The molecule has 0 aromatic heterocycles. The van der Waals surface area contributed by atoms with E-state index in [0.717, 1.165) is 41.5 Å². The van der Waals surface area contributed by atoms with Crippen molar-refractivity contribution in [2.24, 2.45) is 5.73 Å². The quantitative estimate of drug-likeness (QED) is 0.813. The summed E-state index contributed by atoms with van der Waals surface area (Å²) in [6.45, 7) is 10.0. The van der Waals surface area contributed by atoms with Crippen molar-refractivity contribution in [1.29, 1.82) is 0 Å². The van der Waals surface area contributed by atoms with E-state index in [2.05, 4.69) is 11.6 Å². The lowest BCUT2D eigenvalue weighted by atomic mass is 10.0. The van der Waals surface area contributed by atoms with Crippen molar-refractivity contribution in [1.82, 2.24) is 4.72 Å². The molecule has 0 radical (unpaired) electrons. The lowest BCUT2D eigenvalue weighted by Crippen LogP contribution is -2.40. The van der Waals surface area contributed by atoms with Crippen molar-refractivity contribution in [2.75, 3.05) is 6.54 Å². The van der Waals surface area contributed by atoms with Gasteiger partial charge in [-0.25, -0.2) is 13.1 Å².